The van der Waals surface area contributed by atoms with E-state index in [1.807, 2.05) is 42.5 Å². The number of nitrogens with one attached hydrogen (secondary N) is 1. The fourth-order valence-corrected chi connectivity index (χ4v) is 5.53. The number of aliphatic hydroxyl groups excluding tert-OH is 1. The molecule has 2 aliphatic heterocycles. The highest BCUT2D eigenvalue weighted by Gasteiger charge is 2.33. The van der Waals surface area contributed by atoms with Crippen LogP contribution in [0, 0.1) is 0 Å². The minimum atomic E-state index is -0.784. The standard InChI is InChI=1S/C31H36ClN3O3/c32-26-11-9-25(10-12-26)31(37)13-18-35(19-14-31)17-3-6-23-21-28-24(22-33-15-4-20-36)5-1-8-29(28)38-30-27(23)7-2-16-34-30/h1-2,5-12,16,33,36-37H,3-4,13-15,17-22H2. The Bertz CT molecular complexity index is 1250. The molecule has 0 saturated carbocycles. The fourth-order valence-electron chi connectivity index (χ4n) is 5.41. The van der Waals surface area contributed by atoms with Crippen LogP contribution in [0.4, 0.5) is 0 Å². The van der Waals surface area contributed by atoms with E-state index in [1.165, 1.54) is 16.7 Å². The van der Waals surface area contributed by atoms with Gasteiger partial charge in [-0.05, 0) is 79.3 Å². The molecule has 6 nitrogen and oxygen atoms in total. The number of piperidine rings is 1. The molecule has 1 fully saturated rings. The molecule has 2 aromatic carbocycles. The number of likely N-dealkylation sites (tertiary alicyclic amines) is 1. The van der Waals surface area contributed by atoms with E-state index in [9.17, 15) is 5.11 Å². The number of halogens is 1. The van der Waals surface area contributed by atoms with Crippen molar-refractivity contribution in [2.45, 2.75) is 44.2 Å². The van der Waals surface area contributed by atoms with Crippen molar-refractivity contribution in [3.8, 4) is 11.6 Å². The average Bonchev–Trinajstić information content (AvgIpc) is 3.09. The monoisotopic (exact) mass is 533 g/mol. The molecule has 1 aromatic heterocycles. The van der Waals surface area contributed by atoms with Gasteiger partial charge in [0.25, 0.3) is 0 Å². The Morgan fingerprint density at radius 3 is 2.68 bits per heavy atom. The quantitative estimate of drug-likeness (QED) is 0.323. The van der Waals surface area contributed by atoms with E-state index in [4.69, 9.17) is 21.4 Å². The molecule has 3 heterocycles. The van der Waals surface area contributed by atoms with Gasteiger partial charge in [-0.15, -0.1) is 0 Å². The fraction of sp³-hybridized carbons (Fsp3) is 0.387. The van der Waals surface area contributed by atoms with E-state index in [2.05, 4.69) is 33.4 Å². The first kappa shape index (κ1) is 26.9. The normalized spacial score (nSPS) is 17.9. The number of fused-ring (bicyclic) bond motifs is 2. The van der Waals surface area contributed by atoms with Gasteiger partial charge in [0.15, 0.2) is 0 Å². The molecule has 7 heteroatoms. The van der Waals surface area contributed by atoms with Gasteiger partial charge in [0.05, 0.1) is 5.60 Å². The Morgan fingerprint density at radius 1 is 1.08 bits per heavy atom. The first-order chi connectivity index (χ1) is 18.6. The molecule has 3 N–H and O–H groups in total. The summed E-state index contributed by atoms with van der Waals surface area (Å²) in [5.41, 5.74) is 4.82. The minimum absolute atomic E-state index is 0.189. The largest absolute Gasteiger partial charge is 0.438 e. The van der Waals surface area contributed by atoms with Crippen LogP contribution in [-0.2, 0) is 18.6 Å². The van der Waals surface area contributed by atoms with Crippen LogP contribution in [0.25, 0.3) is 5.57 Å². The van der Waals surface area contributed by atoms with Gasteiger partial charge in [-0.2, -0.15) is 0 Å². The molecule has 2 aliphatic rings. The van der Waals surface area contributed by atoms with Gasteiger partial charge in [-0.3, -0.25) is 0 Å². The van der Waals surface area contributed by atoms with Gasteiger partial charge < -0.3 is 25.2 Å². The van der Waals surface area contributed by atoms with Gasteiger partial charge in [-0.25, -0.2) is 4.98 Å². The summed E-state index contributed by atoms with van der Waals surface area (Å²) in [6.45, 7) is 4.34. The van der Waals surface area contributed by atoms with Crippen LogP contribution in [0.15, 0.2) is 66.9 Å². The van der Waals surface area contributed by atoms with E-state index in [1.54, 1.807) is 6.20 Å². The number of hydrogen-bond acceptors (Lipinski definition) is 6. The lowest BCUT2D eigenvalue weighted by Crippen LogP contribution is -2.42. The number of hydrogen-bond donors (Lipinski definition) is 3. The summed E-state index contributed by atoms with van der Waals surface area (Å²) in [5.74, 6) is 1.50. The average molecular weight is 534 g/mol. The maximum Gasteiger partial charge on any atom is 0.226 e. The summed E-state index contributed by atoms with van der Waals surface area (Å²) >= 11 is 6.03. The first-order valence-corrected chi connectivity index (χ1v) is 13.9. The zero-order valence-corrected chi connectivity index (χ0v) is 22.5. The zero-order chi connectivity index (χ0) is 26.4. The van der Waals surface area contributed by atoms with Crippen molar-refractivity contribution in [1.29, 1.82) is 0 Å². The summed E-state index contributed by atoms with van der Waals surface area (Å²) in [4.78, 5) is 6.97. The third kappa shape index (κ3) is 6.28. The summed E-state index contributed by atoms with van der Waals surface area (Å²) < 4.78 is 6.30. The number of rotatable bonds is 9. The van der Waals surface area contributed by atoms with E-state index >= 15 is 0 Å². The van der Waals surface area contributed by atoms with Crippen molar-refractivity contribution in [1.82, 2.24) is 15.2 Å². The lowest BCUT2D eigenvalue weighted by molar-refractivity contribution is -0.0254. The highest BCUT2D eigenvalue weighted by atomic mass is 35.5. The van der Waals surface area contributed by atoms with Crippen LogP contribution in [0.3, 0.4) is 0 Å². The van der Waals surface area contributed by atoms with E-state index in [0.717, 1.165) is 68.9 Å². The first-order valence-electron chi connectivity index (χ1n) is 13.5. The Labute approximate surface area is 229 Å². The van der Waals surface area contributed by atoms with Crippen LogP contribution >= 0.6 is 11.6 Å². The van der Waals surface area contributed by atoms with Gasteiger partial charge in [0, 0.05) is 61.6 Å². The predicted octanol–water partition coefficient (Wildman–Crippen LogP) is 5.31. The van der Waals surface area contributed by atoms with E-state index < -0.39 is 5.60 Å². The number of aliphatic hydroxyl groups is 2. The second-order valence-corrected chi connectivity index (χ2v) is 10.6. The highest BCUT2D eigenvalue weighted by molar-refractivity contribution is 6.30. The molecule has 200 valence electrons. The number of nitrogens with zero attached hydrogens (tertiary/aromatic N) is 2. The van der Waals surface area contributed by atoms with Gasteiger partial charge >= 0.3 is 0 Å². The Balaban J connectivity index is 1.27. The molecule has 1 saturated heterocycles. The molecule has 0 spiro atoms. The van der Waals surface area contributed by atoms with Crippen molar-refractivity contribution in [2.24, 2.45) is 0 Å². The van der Waals surface area contributed by atoms with Crippen molar-refractivity contribution >= 4 is 17.2 Å². The molecule has 0 aliphatic carbocycles. The van der Waals surface area contributed by atoms with Gasteiger partial charge in [-0.1, -0.05) is 41.9 Å². The molecule has 0 atom stereocenters. The second kappa shape index (κ2) is 12.4. The minimum Gasteiger partial charge on any atom is -0.438 e. The second-order valence-electron chi connectivity index (χ2n) is 10.2. The van der Waals surface area contributed by atoms with E-state index in [-0.39, 0.29) is 6.61 Å². The maximum atomic E-state index is 11.2. The topological polar surface area (TPSA) is 77.9 Å². The molecule has 0 unspecified atom stereocenters. The Morgan fingerprint density at radius 2 is 1.89 bits per heavy atom. The number of allylic oxidation sites excluding steroid dienone is 1. The van der Waals surface area contributed by atoms with Crippen molar-refractivity contribution in [3.63, 3.8) is 0 Å². The SMILES string of the molecule is OCCCNCc1cccc2c1CC(=CCCN1CCC(O)(c3ccc(Cl)cc3)CC1)c1cccnc1O2. The Hall–Kier alpha value is -2.74. The maximum absolute atomic E-state index is 11.2. The van der Waals surface area contributed by atoms with Crippen LogP contribution in [0.5, 0.6) is 11.6 Å². The predicted molar refractivity (Wildman–Crippen MR) is 151 cm³/mol. The summed E-state index contributed by atoms with van der Waals surface area (Å²) in [6.07, 6.45) is 7.96. The molecular formula is C31H36ClN3O3. The summed E-state index contributed by atoms with van der Waals surface area (Å²) in [6, 6.07) is 17.8. The van der Waals surface area contributed by atoms with Crippen molar-refractivity contribution < 1.29 is 14.9 Å². The molecular weight excluding hydrogens is 498 g/mol. The van der Waals surface area contributed by atoms with Crippen LogP contribution < -0.4 is 10.1 Å². The molecule has 3 aromatic rings. The van der Waals surface area contributed by atoms with Crippen LogP contribution in [-0.4, -0.2) is 52.9 Å². The summed E-state index contributed by atoms with van der Waals surface area (Å²) in [5, 5.41) is 24.4. The highest BCUT2D eigenvalue weighted by Crippen LogP contribution is 2.39. The van der Waals surface area contributed by atoms with Crippen molar-refractivity contribution in [2.75, 3.05) is 32.8 Å². The molecule has 5 rings (SSSR count). The lowest BCUT2D eigenvalue weighted by atomic mass is 9.84. The molecule has 38 heavy (non-hydrogen) atoms. The third-order valence-electron chi connectivity index (χ3n) is 7.65. The van der Waals surface area contributed by atoms with Crippen LogP contribution in [0.2, 0.25) is 5.02 Å². The van der Waals surface area contributed by atoms with Gasteiger partial charge in [0.1, 0.15) is 5.75 Å². The number of ether oxygens (including phenoxy) is 1. The third-order valence-corrected chi connectivity index (χ3v) is 7.90. The molecule has 0 radical (unpaired) electrons. The smallest absolute Gasteiger partial charge is 0.226 e. The Kier molecular flexibility index (Phi) is 8.77. The molecule has 0 amide bonds. The molecule has 0 bridgehead atoms. The summed E-state index contributed by atoms with van der Waals surface area (Å²) in [7, 11) is 0. The lowest BCUT2D eigenvalue weighted by Gasteiger charge is -2.38. The zero-order valence-electron chi connectivity index (χ0n) is 21.7. The number of aromatic nitrogens is 1. The van der Waals surface area contributed by atoms with Gasteiger partial charge in [0.2, 0.25) is 5.88 Å². The number of pyridine rings is 1. The van der Waals surface area contributed by atoms with Crippen molar-refractivity contribution in [3.05, 3.63) is 94.1 Å². The number of benzene rings is 2. The van der Waals surface area contributed by atoms with E-state index in [0.29, 0.717) is 23.7 Å². The van der Waals surface area contributed by atoms with Crippen LogP contribution in [0.1, 0.15) is 47.9 Å².